The molecule has 0 saturated carbocycles. The minimum atomic E-state index is -1.30. The number of para-hydroxylation sites is 1. The van der Waals surface area contributed by atoms with Crippen molar-refractivity contribution in [2.45, 2.75) is 25.8 Å². The third-order valence-electron chi connectivity index (χ3n) is 4.04. The van der Waals surface area contributed by atoms with Crippen LogP contribution in [-0.4, -0.2) is 33.1 Å². The lowest BCUT2D eigenvalue weighted by molar-refractivity contribution is -0.385. The summed E-state index contributed by atoms with van der Waals surface area (Å²) in [6.07, 6.45) is 0. The number of rotatable bonds is 4. The summed E-state index contributed by atoms with van der Waals surface area (Å²) < 4.78 is 0. The van der Waals surface area contributed by atoms with Gasteiger partial charge >= 0.3 is 11.9 Å². The molecular weight excluding hydrogens is 304 g/mol. The van der Waals surface area contributed by atoms with E-state index < -0.39 is 34.7 Å². The number of hydrogen-bond acceptors (Lipinski definition) is 5. The molecule has 0 spiro atoms. The van der Waals surface area contributed by atoms with Crippen LogP contribution in [0.5, 0.6) is 0 Å². The Morgan fingerprint density at radius 3 is 2.39 bits per heavy atom. The monoisotopic (exact) mass is 320 g/mol. The largest absolute Gasteiger partial charge is 0.481 e. The second kappa shape index (κ2) is 6.07. The number of nitrogens with one attached hydrogen (secondary N) is 1. The Morgan fingerprint density at radius 1 is 1.26 bits per heavy atom. The quantitative estimate of drug-likeness (QED) is 0.569. The predicted molar refractivity (Wildman–Crippen MR) is 79.9 cm³/mol. The summed E-state index contributed by atoms with van der Waals surface area (Å²) >= 11 is 0. The van der Waals surface area contributed by atoms with Crippen molar-refractivity contribution in [3.8, 4) is 0 Å². The average Bonchev–Trinajstić information content (AvgIpc) is 2.45. The van der Waals surface area contributed by atoms with Crippen LogP contribution in [0.4, 0.5) is 5.69 Å². The van der Waals surface area contributed by atoms with Crippen molar-refractivity contribution < 1.29 is 24.7 Å². The van der Waals surface area contributed by atoms with Gasteiger partial charge in [-0.1, -0.05) is 18.2 Å². The molecule has 0 amide bonds. The highest BCUT2D eigenvalue weighted by molar-refractivity contribution is 5.92. The van der Waals surface area contributed by atoms with Crippen molar-refractivity contribution in [3.05, 3.63) is 51.2 Å². The first-order valence-corrected chi connectivity index (χ1v) is 6.92. The maximum atomic E-state index is 11.7. The standard InChI is InChI=1S/C15H16N2O6/c1-7-11(14(18)19)13(12(15(20)21)8(2)16-7)9-5-3-4-6-10(9)17(22)23/h3-7,11,13,16H,1-2H3,(H,18,19)(H,20,21)/t7-,11-,13+/m1/s1. The number of nitro benzene ring substituents is 1. The number of nitrogens with zero attached hydrogens (tertiary/aromatic N) is 1. The third kappa shape index (κ3) is 2.87. The molecule has 1 aromatic rings. The molecule has 2 rings (SSSR count). The van der Waals surface area contributed by atoms with Gasteiger partial charge in [-0.15, -0.1) is 0 Å². The second-order valence-corrected chi connectivity index (χ2v) is 5.43. The van der Waals surface area contributed by atoms with E-state index in [2.05, 4.69) is 5.32 Å². The molecule has 0 fully saturated rings. The van der Waals surface area contributed by atoms with Gasteiger partial charge in [-0.2, -0.15) is 0 Å². The molecule has 1 aromatic carbocycles. The Bertz CT molecular complexity index is 712. The number of allylic oxidation sites excluding steroid dienone is 1. The third-order valence-corrected chi connectivity index (χ3v) is 4.04. The normalized spacial score (nSPS) is 24.0. The van der Waals surface area contributed by atoms with Gasteiger partial charge in [-0.05, 0) is 13.8 Å². The van der Waals surface area contributed by atoms with Gasteiger partial charge in [-0.3, -0.25) is 14.9 Å². The highest BCUT2D eigenvalue weighted by Gasteiger charge is 2.45. The molecule has 3 atom stereocenters. The highest BCUT2D eigenvalue weighted by atomic mass is 16.6. The molecule has 0 aromatic heterocycles. The summed E-state index contributed by atoms with van der Waals surface area (Å²) in [5.41, 5.74) is -0.0464. The Kier molecular flexibility index (Phi) is 4.35. The minimum Gasteiger partial charge on any atom is -0.481 e. The van der Waals surface area contributed by atoms with E-state index in [-0.39, 0.29) is 16.8 Å². The fourth-order valence-electron chi connectivity index (χ4n) is 3.13. The van der Waals surface area contributed by atoms with Crippen molar-refractivity contribution >= 4 is 17.6 Å². The van der Waals surface area contributed by atoms with Crippen LogP contribution in [0, 0.1) is 16.0 Å². The first-order valence-electron chi connectivity index (χ1n) is 6.92. The molecule has 1 aliphatic rings. The summed E-state index contributed by atoms with van der Waals surface area (Å²) in [7, 11) is 0. The lowest BCUT2D eigenvalue weighted by atomic mass is 9.73. The van der Waals surface area contributed by atoms with Crippen LogP contribution >= 0.6 is 0 Å². The van der Waals surface area contributed by atoms with Crippen molar-refractivity contribution in [2.24, 2.45) is 5.92 Å². The van der Waals surface area contributed by atoms with Crippen molar-refractivity contribution in [1.82, 2.24) is 5.32 Å². The number of carbonyl (C=O) groups is 2. The molecule has 23 heavy (non-hydrogen) atoms. The minimum absolute atomic E-state index is 0.0926. The molecule has 0 saturated heterocycles. The van der Waals surface area contributed by atoms with Crippen LogP contribution in [0.2, 0.25) is 0 Å². The maximum Gasteiger partial charge on any atom is 0.333 e. The number of nitro groups is 1. The Hall–Kier alpha value is -2.90. The van der Waals surface area contributed by atoms with Gasteiger partial charge in [-0.25, -0.2) is 4.79 Å². The first-order chi connectivity index (χ1) is 10.8. The second-order valence-electron chi connectivity index (χ2n) is 5.43. The molecular formula is C15H16N2O6. The SMILES string of the molecule is CC1=C(C(=O)O)[C@@H](c2ccccc2[N+](=O)[O-])[C@H](C(=O)O)[C@@H](C)N1. The zero-order valence-electron chi connectivity index (χ0n) is 12.5. The molecule has 122 valence electrons. The number of aliphatic carboxylic acids is 2. The molecule has 1 aliphatic heterocycles. The summed E-state index contributed by atoms with van der Waals surface area (Å²) in [5.74, 6) is -4.75. The van der Waals surface area contributed by atoms with E-state index in [4.69, 9.17) is 0 Å². The van der Waals surface area contributed by atoms with Crippen LogP contribution in [0.1, 0.15) is 25.3 Å². The Balaban J connectivity index is 2.75. The Labute approximate surface area is 131 Å². The van der Waals surface area contributed by atoms with Gasteiger partial charge in [0, 0.05) is 29.3 Å². The molecule has 0 radical (unpaired) electrons. The molecule has 0 aliphatic carbocycles. The zero-order chi connectivity index (χ0) is 17.3. The maximum absolute atomic E-state index is 11.7. The number of carboxylic acid groups (broad SMARTS) is 2. The number of benzene rings is 1. The summed E-state index contributed by atoms with van der Waals surface area (Å²) in [4.78, 5) is 34.0. The van der Waals surface area contributed by atoms with Gasteiger partial charge < -0.3 is 15.5 Å². The van der Waals surface area contributed by atoms with Crippen molar-refractivity contribution in [1.29, 1.82) is 0 Å². The lowest BCUT2D eigenvalue weighted by Gasteiger charge is -2.36. The van der Waals surface area contributed by atoms with E-state index in [1.807, 2.05) is 0 Å². The average molecular weight is 320 g/mol. The fraction of sp³-hybridized carbons (Fsp3) is 0.333. The van der Waals surface area contributed by atoms with E-state index in [9.17, 15) is 29.9 Å². The summed E-state index contributed by atoms with van der Waals surface area (Å²) in [6.45, 7) is 3.14. The van der Waals surface area contributed by atoms with E-state index in [1.165, 1.54) is 31.2 Å². The van der Waals surface area contributed by atoms with E-state index in [0.29, 0.717) is 5.70 Å². The summed E-state index contributed by atoms with van der Waals surface area (Å²) in [5, 5.41) is 33.1. The smallest absolute Gasteiger partial charge is 0.333 e. The van der Waals surface area contributed by atoms with Crippen molar-refractivity contribution in [3.63, 3.8) is 0 Å². The van der Waals surface area contributed by atoms with Crippen LogP contribution < -0.4 is 5.32 Å². The molecule has 1 heterocycles. The Morgan fingerprint density at radius 2 is 1.87 bits per heavy atom. The number of carboxylic acids is 2. The molecule has 3 N–H and O–H groups in total. The van der Waals surface area contributed by atoms with Gasteiger partial charge in [0.05, 0.1) is 16.4 Å². The molecule has 0 unspecified atom stereocenters. The van der Waals surface area contributed by atoms with Gasteiger partial charge in [0.15, 0.2) is 0 Å². The zero-order valence-corrected chi connectivity index (χ0v) is 12.5. The van der Waals surface area contributed by atoms with E-state index >= 15 is 0 Å². The van der Waals surface area contributed by atoms with Crippen LogP contribution in [0.25, 0.3) is 0 Å². The first kappa shape index (κ1) is 16.5. The molecule has 8 nitrogen and oxygen atoms in total. The molecule has 8 heteroatoms. The van der Waals surface area contributed by atoms with Gasteiger partial charge in [0.1, 0.15) is 0 Å². The van der Waals surface area contributed by atoms with Crippen molar-refractivity contribution in [2.75, 3.05) is 0 Å². The van der Waals surface area contributed by atoms with Crippen LogP contribution in [0.3, 0.4) is 0 Å². The van der Waals surface area contributed by atoms with Crippen LogP contribution in [0.15, 0.2) is 35.5 Å². The molecule has 0 bridgehead atoms. The lowest BCUT2D eigenvalue weighted by Crippen LogP contribution is -2.47. The van der Waals surface area contributed by atoms with Gasteiger partial charge in [0.2, 0.25) is 0 Å². The van der Waals surface area contributed by atoms with Crippen LogP contribution in [-0.2, 0) is 9.59 Å². The fourth-order valence-corrected chi connectivity index (χ4v) is 3.13. The van der Waals surface area contributed by atoms with E-state index in [0.717, 1.165) is 0 Å². The van der Waals surface area contributed by atoms with E-state index in [1.54, 1.807) is 6.92 Å². The van der Waals surface area contributed by atoms with Gasteiger partial charge in [0.25, 0.3) is 5.69 Å². The summed E-state index contributed by atoms with van der Waals surface area (Å²) in [6, 6.07) is 5.07. The number of hydrogen-bond donors (Lipinski definition) is 3. The highest BCUT2D eigenvalue weighted by Crippen LogP contribution is 2.42. The topological polar surface area (TPSA) is 130 Å². The predicted octanol–water partition coefficient (Wildman–Crippen LogP) is 1.73.